The van der Waals surface area contributed by atoms with Gasteiger partial charge in [0, 0.05) is 6.42 Å². The van der Waals surface area contributed by atoms with Crippen molar-refractivity contribution in [1.82, 2.24) is 0 Å². The van der Waals surface area contributed by atoms with Crippen LogP contribution in [0.4, 0.5) is 0 Å². The highest BCUT2D eigenvalue weighted by Crippen LogP contribution is 2.01. The van der Waals surface area contributed by atoms with Crippen LogP contribution >= 0.6 is 0 Å². The first-order valence-corrected chi connectivity index (χ1v) is 5.56. The molecule has 0 spiro atoms. The minimum absolute atomic E-state index is 0. The van der Waals surface area contributed by atoms with Gasteiger partial charge in [-0.1, -0.05) is 0 Å². The molecule has 1 atom stereocenters. The molecular weight excluding hydrogens is 246 g/mol. The van der Waals surface area contributed by atoms with Gasteiger partial charge in [0.2, 0.25) is 0 Å². The van der Waals surface area contributed by atoms with Gasteiger partial charge in [-0.05, 0) is 27.7 Å². The van der Waals surface area contributed by atoms with E-state index >= 15 is 0 Å². The lowest BCUT2D eigenvalue weighted by molar-refractivity contribution is -0.410. The molecule has 3 N–H and O–H groups in total. The minimum atomic E-state index is -0.512. The number of carbonyl (C=O) groups excluding carboxylic acids is 2. The van der Waals surface area contributed by atoms with Crippen molar-refractivity contribution < 1.29 is 37.2 Å². The summed E-state index contributed by atoms with van der Waals surface area (Å²) in [4.78, 5) is 22.6. The fourth-order valence-electron chi connectivity index (χ4n) is 1.06. The highest BCUT2D eigenvalue weighted by Gasteiger charge is 2.21. The quantitative estimate of drug-likeness (QED) is 0.531. The normalized spacial score (nSPS) is 11.9. The number of quaternary nitrogens is 1. The monoisotopic (exact) mass is 267 g/mol. The van der Waals surface area contributed by atoms with Gasteiger partial charge in [-0.25, -0.2) is 4.79 Å². The van der Waals surface area contributed by atoms with E-state index < -0.39 is 6.04 Å². The van der Waals surface area contributed by atoms with E-state index in [2.05, 4.69) is 5.73 Å². The maximum Gasteiger partial charge on any atom is 0.365 e. The van der Waals surface area contributed by atoms with Gasteiger partial charge < -0.3 is 27.6 Å². The largest absolute Gasteiger partial charge is 1.00 e. The summed E-state index contributed by atoms with van der Waals surface area (Å²) in [6.07, 6.45) is 0.272. The van der Waals surface area contributed by atoms with E-state index in [0.717, 1.165) is 0 Å². The number of rotatable bonds is 6. The van der Waals surface area contributed by atoms with E-state index in [1.807, 2.05) is 0 Å². The molecule has 0 aromatic carbocycles. The van der Waals surface area contributed by atoms with E-state index in [1.165, 1.54) is 0 Å². The third-order valence-corrected chi connectivity index (χ3v) is 1.75. The Labute approximate surface area is 108 Å². The molecule has 0 bridgehead atoms. The van der Waals surface area contributed by atoms with Gasteiger partial charge in [0.1, 0.15) is 0 Å². The molecule has 0 saturated carbocycles. The highest BCUT2D eigenvalue weighted by molar-refractivity contribution is 5.75. The molecule has 0 amide bonds. The fraction of sp³-hybridized carbons (Fsp3) is 0.818. The van der Waals surface area contributed by atoms with Crippen molar-refractivity contribution in [2.45, 2.75) is 58.8 Å². The molecule has 0 rings (SSSR count). The van der Waals surface area contributed by atoms with Gasteiger partial charge in [0.15, 0.2) is 6.04 Å². The Hall–Kier alpha value is -0.810. The van der Waals surface area contributed by atoms with Gasteiger partial charge in [0.05, 0.1) is 18.6 Å². The number of esters is 2. The molecule has 102 valence electrons. The lowest BCUT2D eigenvalue weighted by atomic mass is 10.2. The third kappa shape index (κ3) is 10.1. The lowest BCUT2D eigenvalue weighted by Crippen LogP contribution is -3.00. The average molecular weight is 268 g/mol. The molecule has 6 heteroatoms. The molecule has 0 aliphatic carbocycles. The highest BCUT2D eigenvalue weighted by atomic mass is 35.5. The number of carbonyl (C=O) groups is 2. The Morgan fingerprint density at radius 1 is 1.06 bits per heavy atom. The van der Waals surface area contributed by atoms with Crippen molar-refractivity contribution in [2.24, 2.45) is 0 Å². The zero-order valence-corrected chi connectivity index (χ0v) is 11.6. The maximum absolute atomic E-state index is 11.4. The van der Waals surface area contributed by atoms with E-state index in [9.17, 15) is 9.59 Å². The summed E-state index contributed by atoms with van der Waals surface area (Å²) in [6, 6.07) is -0.512. The Balaban J connectivity index is 0. The minimum Gasteiger partial charge on any atom is -1.00 e. The van der Waals surface area contributed by atoms with Gasteiger partial charge in [-0.15, -0.1) is 0 Å². The van der Waals surface area contributed by atoms with Crippen molar-refractivity contribution in [2.75, 3.05) is 0 Å². The van der Waals surface area contributed by atoms with Crippen LogP contribution in [0.15, 0.2) is 0 Å². The number of ether oxygens (including phenoxy) is 2. The van der Waals surface area contributed by atoms with Crippen LogP contribution in [0.25, 0.3) is 0 Å². The Bertz CT molecular complexity index is 244. The zero-order valence-electron chi connectivity index (χ0n) is 10.9. The molecule has 1 unspecified atom stereocenters. The Kier molecular flexibility index (Phi) is 10.1. The first-order valence-electron chi connectivity index (χ1n) is 5.56. The SMILES string of the molecule is CC(C)OC(=O)CCC([NH3+])C(=O)OC(C)C.[Cl-]. The molecule has 0 aliphatic heterocycles. The smallest absolute Gasteiger partial charge is 0.365 e. The van der Waals surface area contributed by atoms with Gasteiger partial charge in [0.25, 0.3) is 0 Å². The molecule has 0 saturated heterocycles. The van der Waals surface area contributed by atoms with Gasteiger partial charge >= 0.3 is 11.9 Å². The van der Waals surface area contributed by atoms with Crippen molar-refractivity contribution in [3.05, 3.63) is 0 Å². The van der Waals surface area contributed by atoms with E-state index in [0.29, 0.717) is 6.42 Å². The summed E-state index contributed by atoms with van der Waals surface area (Å²) < 4.78 is 9.91. The van der Waals surface area contributed by atoms with Crippen LogP contribution < -0.4 is 18.1 Å². The first kappa shape index (κ1) is 18.6. The van der Waals surface area contributed by atoms with Crippen molar-refractivity contribution in [1.29, 1.82) is 0 Å². The molecule has 0 aliphatic rings. The van der Waals surface area contributed by atoms with E-state index in [-0.39, 0.29) is 43.0 Å². The summed E-state index contributed by atoms with van der Waals surface area (Å²) in [7, 11) is 0. The Morgan fingerprint density at radius 2 is 1.53 bits per heavy atom. The fourth-order valence-corrected chi connectivity index (χ4v) is 1.06. The molecular formula is C11H22ClNO4. The molecule has 0 aromatic heterocycles. The second-order valence-corrected chi connectivity index (χ2v) is 4.26. The molecule has 0 radical (unpaired) electrons. The van der Waals surface area contributed by atoms with Crippen LogP contribution in [-0.2, 0) is 19.1 Å². The molecule has 5 nitrogen and oxygen atoms in total. The number of halogens is 1. The van der Waals surface area contributed by atoms with Crippen molar-refractivity contribution in [3.8, 4) is 0 Å². The van der Waals surface area contributed by atoms with Crippen LogP contribution in [0.5, 0.6) is 0 Å². The second kappa shape index (κ2) is 9.24. The standard InChI is InChI=1S/C11H21NO4.ClH/c1-7(2)15-10(13)6-5-9(12)11(14)16-8(3)4;/h7-9H,5-6,12H2,1-4H3;1H. The molecule has 0 aromatic rings. The third-order valence-electron chi connectivity index (χ3n) is 1.75. The first-order chi connectivity index (χ1) is 7.32. The van der Waals surface area contributed by atoms with Crippen molar-refractivity contribution in [3.63, 3.8) is 0 Å². The summed E-state index contributed by atoms with van der Waals surface area (Å²) >= 11 is 0. The molecule has 17 heavy (non-hydrogen) atoms. The summed E-state index contributed by atoms with van der Waals surface area (Å²) in [5, 5.41) is 0. The Morgan fingerprint density at radius 3 is 1.94 bits per heavy atom. The average Bonchev–Trinajstić information content (AvgIpc) is 2.11. The second-order valence-electron chi connectivity index (χ2n) is 4.26. The van der Waals surface area contributed by atoms with Crippen molar-refractivity contribution >= 4 is 11.9 Å². The predicted octanol–water partition coefficient (Wildman–Crippen LogP) is -2.72. The van der Waals surface area contributed by atoms with Crippen LogP contribution in [0, 0.1) is 0 Å². The summed E-state index contributed by atoms with van der Waals surface area (Å²) in [5.41, 5.74) is 3.66. The summed E-state index contributed by atoms with van der Waals surface area (Å²) in [6.45, 7) is 7.12. The van der Waals surface area contributed by atoms with E-state index in [4.69, 9.17) is 9.47 Å². The van der Waals surface area contributed by atoms with E-state index in [1.54, 1.807) is 27.7 Å². The predicted molar refractivity (Wildman–Crippen MR) is 58.4 cm³/mol. The summed E-state index contributed by atoms with van der Waals surface area (Å²) in [5.74, 6) is -0.673. The number of hydrogen-bond acceptors (Lipinski definition) is 4. The van der Waals surface area contributed by atoms with Gasteiger partial charge in [-0.3, -0.25) is 4.79 Å². The number of hydrogen-bond donors (Lipinski definition) is 1. The topological polar surface area (TPSA) is 80.2 Å². The molecule has 0 fully saturated rings. The van der Waals surface area contributed by atoms with Gasteiger partial charge in [-0.2, -0.15) is 0 Å². The van der Waals surface area contributed by atoms with Crippen LogP contribution in [0.3, 0.4) is 0 Å². The molecule has 0 heterocycles. The lowest BCUT2D eigenvalue weighted by Gasteiger charge is -2.12. The van der Waals surface area contributed by atoms with Crippen LogP contribution in [-0.4, -0.2) is 30.2 Å². The van der Waals surface area contributed by atoms with Crippen LogP contribution in [0.1, 0.15) is 40.5 Å². The zero-order chi connectivity index (χ0) is 12.7. The maximum atomic E-state index is 11.4. The van der Waals surface area contributed by atoms with Crippen LogP contribution in [0.2, 0.25) is 0 Å².